The van der Waals surface area contributed by atoms with Crippen LogP contribution in [0.1, 0.15) is 28.8 Å². The molecule has 204 valence electrons. The third-order valence-electron chi connectivity index (χ3n) is 6.08. The summed E-state index contributed by atoms with van der Waals surface area (Å²) in [5.41, 5.74) is 5.00. The second kappa shape index (κ2) is 11.3. The maximum atomic E-state index is 13.3. The van der Waals surface area contributed by atoms with E-state index >= 15 is 0 Å². The number of allylic oxidation sites excluding steroid dienone is 1. The first-order valence-corrected chi connectivity index (χ1v) is 13.0. The zero-order valence-corrected chi connectivity index (χ0v) is 22.2. The minimum absolute atomic E-state index is 0.199. The average Bonchev–Trinajstić information content (AvgIpc) is 2.95. The van der Waals surface area contributed by atoms with E-state index in [9.17, 15) is 33.2 Å². The van der Waals surface area contributed by atoms with Crippen LogP contribution in [0.3, 0.4) is 0 Å². The largest absolute Gasteiger partial charge is 0.496 e. The van der Waals surface area contributed by atoms with Gasteiger partial charge in [-0.25, -0.2) is 22.8 Å². The molecule has 1 aliphatic heterocycles. The lowest BCUT2D eigenvalue weighted by molar-refractivity contribution is -0.139. The standard InChI is InChI=1S/C26H25N3O9S/c1-5-39(34,35)19-11-15(24(30)31)18(36-2)12-17(19)29-22(26(33)38-4)21(25(32)37-3)20(16(13-27)23(29)28)14-9-7-6-8-10-14/h6-12,20H,5,28H2,1-4H3,(H,30,31). The number of carboxylic acid groups (broad SMARTS) is 1. The van der Waals surface area contributed by atoms with E-state index in [-0.39, 0.29) is 22.6 Å². The van der Waals surface area contributed by atoms with Crippen LogP contribution in [0.2, 0.25) is 0 Å². The minimum Gasteiger partial charge on any atom is -0.496 e. The number of carbonyl (C=O) groups is 3. The van der Waals surface area contributed by atoms with Gasteiger partial charge in [-0.1, -0.05) is 37.3 Å². The molecule has 0 spiro atoms. The van der Waals surface area contributed by atoms with Crippen LogP contribution in [0.25, 0.3) is 0 Å². The molecule has 3 rings (SSSR count). The second-order valence-electron chi connectivity index (χ2n) is 8.06. The maximum Gasteiger partial charge on any atom is 0.355 e. The van der Waals surface area contributed by atoms with Crippen LogP contribution < -0.4 is 15.4 Å². The number of esters is 2. The number of anilines is 1. The number of hydrogen-bond donors (Lipinski definition) is 2. The number of aromatic carboxylic acids is 1. The highest BCUT2D eigenvalue weighted by Crippen LogP contribution is 2.45. The number of sulfone groups is 1. The topological polar surface area (TPSA) is 186 Å². The lowest BCUT2D eigenvalue weighted by atomic mass is 9.81. The van der Waals surface area contributed by atoms with Gasteiger partial charge in [-0.05, 0) is 11.6 Å². The van der Waals surface area contributed by atoms with Crippen LogP contribution >= 0.6 is 0 Å². The van der Waals surface area contributed by atoms with Crippen LogP contribution in [-0.2, 0) is 28.9 Å². The fourth-order valence-electron chi connectivity index (χ4n) is 4.23. The molecule has 1 aliphatic rings. The Labute approximate surface area is 224 Å². The highest BCUT2D eigenvalue weighted by molar-refractivity contribution is 7.91. The number of carboxylic acids is 1. The van der Waals surface area contributed by atoms with Gasteiger partial charge < -0.3 is 25.1 Å². The lowest BCUT2D eigenvalue weighted by Gasteiger charge is -2.36. The Hall–Kier alpha value is -4.83. The summed E-state index contributed by atoms with van der Waals surface area (Å²) in [6.07, 6.45) is 0. The van der Waals surface area contributed by atoms with Gasteiger partial charge in [0.1, 0.15) is 22.8 Å². The molecule has 13 heteroatoms. The predicted octanol–water partition coefficient (Wildman–Crippen LogP) is 2.08. The Morgan fingerprint density at radius 1 is 1.08 bits per heavy atom. The Kier molecular flexibility index (Phi) is 8.31. The van der Waals surface area contributed by atoms with E-state index < -0.39 is 61.4 Å². The molecule has 3 N–H and O–H groups in total. The smallest absolute Gasteiger partial charge is 0.355 e. The average molecular weight is 556 g/mol. The number of rotatable bonds is 8. The fourth-order valence-corrected chi connectivity index (χ4v) is 5.31. The van der Waals surface area contributed by atoms with Crippen molar-refractivity contribution >= 4 is 33.4 Å². The van der Waals surface area contributed by atoms with Crippen molar-refractivity contribution in [3.05, 3.63) is 76.3 Å². The summed E-state index contributed by atoms with van der Waals surface area (Å²) in [7, 11) is -0.909. The summed E-state index contributed by atoms with van der Waals surface area (Å²) < 4.78 is 41.5. The Balaban J connectivity index is 2.60. The zero-order chi connectivity index (χ0) is 29.1. The van der Waals surface area contributed by atoms with Crippen molar-refractivity contribution in [2.45, 2.75) is 17.7 Å². The van der Waals surface area contributed by atoms with E-state index in [0.717, 1.165) is 38.4 Å². The number of ether oxygens (including phenoxy) is 3. The van der Waals surface area contributed by atoms with Crippen LogP contribution in [-0.4, -0.2) is 58.5 Å². The Morgan fingerprint density at radius 3 is 2.18 bits per heavy atom. The summed E-state index contributed by atoms with van der Waals surface area (Å²) in [5.74, 6) is -5.89. The summed E-state index contributed by atoms with van der Waals surface area (Å²) in [4.78, 5) is 38.8. The number of carbonyl (C=O) groups excluding carboxylic acids is 2. The van der Waals surface area contributed by atoms with Gasteiger partial charge in [0.05, 0.1) is 60.8 Å². The first-order chi connectivity index (χ1) is 18.5. The molecular weight excluding hydrogens is 530 g/mol. The van der Waals surface area contributed by atoms with Gasteiger partial charge in [0, 0.05) is 6.07 Å². The molecule has 1 heterocycles. The molecule has 39 heavy (non-hydrogen) atoms. The number of nitrogens with zero attached hydrogens (tertiary/aromatic N) is 2. The highest BCUT2D eigenvalue weighted by atomic mass is 32.2. The number of nitrogens with two attached hydrogens (primary N) is 1. The SMILES string of the molecule is CCS(=O)(=O)c1cc(C(=O)O)c(OC)cc1N1C(N)=C(C#N)C(c2ccccc2)C(C(=O)OC)=C1C(=O)OC. The summed E-state index contributed by atoms with van der Waals surface area (Å²) in [6.45, 7) is 1.34. The molecule has 0 bridgehead atoms. The molecule has 0 radical (unpaired) electrons. The van der Waals surface area contributed by atoms with Crippen molar-refractivity contribution in [1.29, 1.82) is 5.26 Å². The molecule has 2 aromatic carbocycles. The van der Waals surface area contributed by atoms with Crippen molar-refractivity contribution in [3.8, 4) is 11.8 Å². The van der Waals surface area contributed by atoms with Crippen molar-refractivity contribution in [1.82, 2.24) is 0 Å². The van der Waals surface area contributed by atoms with Crippen LogP contribution in [0.4, 0.5) is 5.69 Å². The third kappa shape index (κ3) is 5.01. The lowest BCUT2D eigenvalue weighted by Crippen LogP contribution is -2.41. The first kappa shape index (κ1) is 28.7. The van der Waals surface area contributed by atoms with E-state index in [0.29, 0.717) is 5.56 Å². The van der Waals surface area contributed by atoms with Gasteiger partial charge in [-0.3, -0.25) is 4.90 Å². The zero-order valence-electron chi connectivity index (χ0n) is 21.4. The van der Waals surface area contributed by atoms with Crippen LogP contribution in [0, 0.1) is 11.3 Å². The molecule has 12 nitrogen and oxygen atoms in total. The Bertz CT molecular complexity index is 1550. The first-order valence-electron chi connectivity index (χ1n) is 11.3. The van der Waals surface area contributed by atoms with Crippen LogP contribution in [0.15, 0.2) is 70.0 Å². The van der Waals surface area contributed by atoms with E-state index in [2.05, 4.69) is 0 Å². The molecule has 0 amide bonds. The van der Waals surface area contributed by atoms with Crippen LogP contribution in [0.5, 0.6) is 5.75 Å². The molecule has 0 saturated carbocycles. The minimum atomic E-state index is -4.18. The van der Waals surface area contributed by atoms with E-state index in [4.69, 9.17) is 19.9 Å². The normalized spacial score (nSPS) is 15.5. The number of nitriles is 1. The van der Waals surface area contributed by atoms with Crippen molar-refractivity contribution in [2.24, 2.45) is 5.73 Å². The van der Waals surface area contributed by atoms with Gasteiger partial charge in [0.15, 0.2) is 9.84 Å². The van der Waals surface area contributed by atoms with E-state index in [1.165, 1.54) is 6.92 Å². The number of hydrogen-bond acceptors (Lipinski definition) is 11. The molecule has 0 fully saturated rings. The maximum absolute atomic E-state index is 13.3. The summed E-state index contributed by atoms with van der Waals surface area (Å²) in [5, 5.41) is 19.8. The molecule has 1 atom stereocenters. The number of benzene rings is 2. The molecular formula is C26H25N3O9S. The second-order valence-corrected chi connectivity index (χ2v) is 10.3. The van der Waals surface area contributed by atoms with Gasteiger partial charge in [-0.15, -0.1) is 0 Å². The molecule has 2 aromatic rings. The predicted molar refractivity (Wildman–Crippen MR) is 137 cm³/mol. The third-order valence-corrected chi connectivity index (χ3v) is 7.84. The quantitative estimate of drug-likeness (QED) is 0.452. The van der Waals surface area contributed by atoms with E-state index in [1.54, 1.807) is 30.3 Å². The van der Waals surface area contributed by atoms with Crippen molar-refractivity contribution in [2.75, 3.05) is 32.0 Å². The van der Waals surface area contributed by atoms with Crippen molar-refractivity contribution < 1.29 is 42.1 Å². The summed E-state index contributed by atoms with van der Waals surface area (Å²) >= 11 is 0. The number of methoxy groups -OCH3 is 3. The monoisotopic (exact) mass is 555 g/mol. The molecule has 0 saturated heterocycles. The highest BCUT2D eigenvalue weighted by Gasteiger charge is 2.44. The summed E-state index contributed by atoms with van der Waals surface area (Å²) in [6, 6.07) is 12.1. The molecule has 0 aromatic heterocycles. The van der Waals surface area contributed by atoms with E-state index in [1.807, 2.05) is 6.07 Å². The van der Waals surface area contributed by atoms with Crippen molar-refractivity contribution in [3.63, 3.8) is 0 Å². The molecule has 0 aliphatic carbocycles. The van der Waals surface area contributed by atoms with Gasteiger partial charge >= 0.3 is 17.9 Å². The van der Waals surface area contributed by atoms with Gasteiger partial charge in [-0.2, -0.15) is 5.26 Å². The fraction of sp³-hybridized carbons (Fsp3) is 0.231. The van der Waals surface area contributed by atoms with Gasteiger partial charge in [0.25, 0.3) is 0 Å². The Morgan fingerprint density at radius 2 is 1.69 bits per heavy atom. The molecule has 1 unspecified atom stereocenters. The van der Waals surface area contributed by atoms with Gasteiger partial charge in [0.2, 0.25) is 0 Å².